The molecule has 0 bridgehead atoms. The molecule has 3 saturated carbocycles. The Labute approximate surface area is 136 Å². The molecule has 0 amide bonds. The monoisotopic (exact) mass is 308 g/mol. The molecule has 5 atom stereocenters. The van der Waals surface area contributed by atoms with E-state index in [9.17, 15) is 10.2 Å². The summed E-state index contributed by atoms with van der Waals surface area (Å²) in [6.07, 6.45) is 10.5. The largest absolute Gasteiger partial charge is 0.396 e. The van der Waals surface area contributed by atoms with E-state index in [-0.39, 0.29) is 5.41 Å². The third kappa shape index (κ3) is 2.28. The summed E-state index contributed by atoms with van der Waals surface area (Å²) in [4.78, 5) is 0. The molecule has 3 fully saturated rings. The fraction of sp³-hybridized carbons (Fsp3) is 1.00. The SMILES string of the molecule is CC1(C)CCC[C@@H]2[C@@]3(C)CC[C@](C)(CCO)C[C@@H]3CC[C@]21O. The molecule has 0 aromatic heterocycles. The molecule has 0 aromatic rings. The summed E-state index contributed by atoms with van der Waals surface area (Å²) in [5, 5.41) is 21.0. The van der Waals surface area contributed by atoms with Crippen LogP contribution in [-0.2, 0) is 0 Å². The van der Waals surface area contributed by atoms with E-state index in [0.29, 0.717) is 23.4 Å². The van der Waals surface area contributed by atoms with E-state index >= 15 is 0 Å². The number of hydrogen-bond acceptors (Lipinski definition) is 2. The topological polar surface area (TPSA) is 40.5 Å². The van der Waals surface area contributed by atoms with Crippen LogP contribution in [-0.4, -0.2) is 22.4 Å². The van der Waals surface area contributed by atoms with E-state index in [1.807, 2.05) is 0 Å². The van der Waals surface area contributed by atoms with Crippen molar-refractivity contribution in [1.82, 2.24) is 0 Å². The molecule has 2 N–H and O–H groups in total. The molecule has 0 saturated heterocycles. The summed E-state index contributed by atoms with van der Waals surface area (Å²) in [6, 6.07) is 0. The lowest BCUT2D eigenvalue weighted by Gasteiger charge is -2.65. The van der Waals surface area contributed by atoms with E-state index in [1.165, 1.54) is 44.9 Å². The minimum atomic E-state index is -0.457. The summed E-state index contributed by atoms with van der Waals surface area (Å²) in [7, 11) is 0. The van der Waals surface area contributed by atoms with Crippen molar-refractivity contribution in [1.29, 1.82) is 0 Å². The molecule has 0 aromatic carbocycles. The zero-order valence-corrected chi connectivity index (χ0v) is 15.1. The summed E-state index contributed by atoms with van der Waals surface area (Å²) in [5.74, 6) is 1.21. The molecular formula is C20H36O2. The molecule has 0 radical (unpaired) electrons. The van der Waals surface area contributed by atoms with Gasteiger partial charge in [-0.2, -0.15) is 0 Å². The average molecular weight is 309 g/mol. The van der Waals surface area contributed by atoms with Crippen LogP contribution in [0.4, 0.5) is 0 Å². The van der Waals surface area contributed by atoms with Gasteiger partial charge in [0.2, 0.25) is 0 Å². The molecule has 3 aliphatic carbocycles. The summed E-state index contributed by atoms with van der Waals surface area (Å²) in [5.41, 5.74) is 0.231. The van der Waals surface area contributed by atoms with Gasteiger partial charge in [0.1, 0.15) is 0 Å². The fourth-order valence-corrected chi connectivity index (χ4v) is 6.55. The highest BCUT2D eigenvalue weighted by Crippen LogP contribution is 2.66. The van der Waals surface area contributed by atoms with Crippen LogP contribution >= 0.6 is 0 Å². The number of rotatable bonds is 2. The smallest absolute Gasteiger partial charge is 0.0731 e. The molecule has 128 valence electrons. The maximum atomic E-state index is 11.6. The lowest BCUT2D eigenvalue weighted by molar-refractivity contribution is -0.227. The van der Waals surface area contributed by atoms with Gasteiger partial charge in [-0.05, 0) is 79.4 Å². The molecule has 0 unspecified atom stereocenters. The first-order chi connectivity index (χ1) is 10.2. The fourth-order valence-electron chi connectivity index (χ4n) is 6.55. The van der Waals surface area contributed by atoms with Crippen molar-refractivity contribution in [2.75, 3.05) is 6.61 Å². The van der Waals surface area contributed by atoms with Crippen LogP contribution in [0.25, 0.3) is 0 Å². The number of hydrogen-bond donors (Lipinski definition) is 2. The van der Waals surface area contributed by atoms with E-state index in [0.717, 1.165) is 18.8 Å². The molecule has 0 aliphatic heterocycles. The maximum absolute atomic E-state index is 11.6. The van der Waals surface area contributed by atoms with E-state index in [1.54, 1.807) is 0 Å². The van der Waals surface area contributed by atoms with Crippen LogP contribution in [0.1, 0.15) is 85.5 Å². The van der Waals surface area contributed by atoms with Crippen molar-refractivity contribution in [3.63, 3.8) is 0 Å². The second-order valence-electron chi connectivity index (χ2n) is 9.98. The van der Waals surface area contributed by atoms with Crippen LogP contribution in [0, 0.1) is 28.1 Å². The van der Waals surface area contributed by atoms with Gasteiger partial charge < -0.3 is 10.2 Å². The van der Waals surface area contributed by atoms with E-state index in [2.05, 4.69) is 27.7 Å². The summed E-state index contributed by atoms with van der Waals surface area (Å²) < 4.78 is 0. The Morgan fingerprint density at radius 2 is 1.68 bits per heavy atom. The Morgan fingerprint density at radius 1 is 0.955 bits per heavy atom. The second kappa shape index (κ2) is 5.21. The van der Waals surface area contributed by atoms with Gasteiger partial charge in [-0.3, -0.25) is 0 Å². The normalized spacial score (nSPS) is 51.0. The van der Waals surface area contributed by atoms with Gasteiger partial charge in [0.25, 0.3) is 0 Å². The molecule has 3 aliphatic rings. The van der Waals surface area contributed by atoms with Gasteiger partial charge in [0.15, 0.2) is 0 Å². The lowest BCUT2D eigenvalue weighted by Crippen LogP contribution is -2.63. The first-order valence-electron chi connectivity index (χ1n) is 9.50. The highest BCUT2D eigenvalue weighted by atomic mass is 16.3. The van der Waals surface area contributed by atoms with Crippen LogP contribution in [0.5, 0.6) is 0 Å². The quantitative estimate of drug-likeness (QED) is 0.786. The zero-order valence-electron chi connectivity index (χ0n) is 15.1. The maximum Gasteiger partial charge on any atom is 0.0731 e. The van der Waals surface area contributed by atoms with Crippen molar-refractivity contribution in [2.24, 2.45) is 28.1 Å². The summed E-state index contributed by atoms with van der Waals surface area (Å²) in [6.45, 7) is 9.75. The van der Waals surface area contributed by atoms with Gasteiger partial charge in [0, 0.05) is 6.61 Å². The first-order valence-corrected chi connectivity index (χ1v) is 9.50. The average Bonchev–Trinajstić information content (AvgIpc) is 2.43. The van der Waals surface area contributed by atoms with Gasteiger partial charge in [0.05, 0.1) is 5.60 Å². The Bertz CT molecular complexity index is 431. The third-order valence-electron chi connectivity index (χ3n) is 8.37. The van der Waals surface area contributed by atoms with Gasteiger partial charge in [-0.15, -0.1) is 0 Å². The van der Waals surface area contributed by atoms with Gasteiger partial charge in [-0.1, -0.05) is 34.1 Å². The number of fused-ring (bicyclic) bond motifs is 3. The number of aliphatic hydroxyl groups excluding tert-OH is 1. The van der Waals surface area contributed by atoms with E-state index in [4.69, 9.17) is 0 Å². The van der Waals surface area contributed by atoms with Crippen molar-refractivity contribution in [3.05, 3.63) is 0 Å². The Morgan fingerprint density at radius 3 is 2.36 bits per heavy atom. The lowest BCUT2D eigenvalue weighted by atomic mass is 9.42. The van der Waals surface area contributed by atoms with Crippen molar-refractivity contribution >= 4 is 0 Å². The zero-order chi connectivity index (χ0) is 16.2. The minimum absolute atomic E-state index is 0.0652. The van der Waals surface area contributed by atoms with Crippen molar-refractivity contribution < 1.29 is 10.2 Å². The Kier molecular flexibility index (Phi) is 3.97. The first kappa shape index (κ1) is 16.8. The highest BCUT2D eigenvalue weighted by molar-refractivity contribution is 5.13. The standard InChI is InChI=1S/C20H36O2/c1-17(2)8-5-6-16-19(4)11-10-18(3,12-13-21)14-15(19)7-9-20(16,17)22/h15-16,21-22H,5-14H2,1-4H3/t15-,16+,18+,19-,20-/m0/s1. The van der Waals surface area contributed by atoms with Crippen LogP contribution in [0.3, 0.4) is 0 Å². The predicted molar refractivity (Wildman–Crippen MR) is 90.6 cm³/mol. The van der Waals surface area contributed by atoms with Crippen LogP contribution in [0.2, 0.25) is 0 Å². The second-order valence-corrected chi connectivity index (χ2v) is 9.98. The Hall–Kier alpha value is -0.0800. The van der Waals surface area contributed by atoms with Crippen molar-refractivity contribution in [3.8, 4) is 0 Å². The molecule has 0 heterocycles. The van der Waals surface area contributed by atoms with Crippen LogP contribution < -0.4 is 0 Å². The Balaban J connectivity index is 1.88. The molecule has 3 rings (SSSR count). The summed E-state index contributed by atoms with van der Waals surface area (Å²) >= 11 is 0. The molecule has 2 heteroatoms. The minimum Gasteiger partial charge on any atom is -0.396 e. The van der Waals surface area contributed by atoms with Crippen LogP contribution in [0.15, 0.2) is 0 Å². The molecule has 0 spiro atoms. The third-order valence-corrected chi connectivity index (χ3v) is 8.37. The van der Waals surface area contributed by atoms with Crippen molar-refractivity contribution in [2.45, 2.75) is 91.1 Å². The number of aliphatic hydroxyl groups is 2. The molecule has 22 heavy (non-hydrogen) atoms. The van der Waals surface area contributed by atoms with Gasteiger partial charge >= 0.3 is 0 Å². The van der Waals surface area contributed by atoms with Gasteiger partial charge in [-0.25, -0.2) is 0 Å². The van der Waals surface area contributed by atoms with E-state index < -0.39 is 5.60 Å². The molecular weight excluding hydrogens is 272 g/mol. The molecule has 2 nitrogen and oxygen atoms in total. The predicted octanol–water partition coefficient (Wildman–Crippen LogP) is 4.53. The highest BCUT2D eigenvalue weighted by Gasteiger charge is 2.62.